The zero-order valence-electron chi connectivity index (χ0n) is 10.1. The third-order valence-electron chi connectivity index (χ3n) is 1.89. The number of amides is 1. The van der Waals surface area contributed by atoms with Crippen LogP contribution < -0.4 is 15.4 Å². The Hall–Kier alpha value is -1.47. The van der Waals surface area contributed by atoms with Gasteiger partial charge in [-0.1, -0.05) is 12.1 Å². The molecule has 2 N–H and O–H groups in total. The van der Waals surface area contributed by atoms with Crippen molar-refractivity contribution in [1.29, 1.82) is 0 Å². The Kier molecular flexibility index (Phi) is 7.25. The Morgan fingerprint density at radius 1 is 1.32 bits per heavy atom. The Labute approximate surface area is 114 Å². The number of rotatable bonds is 5. The molecule has 0 bridgehead atoms. The van der Waals surface area contributed by atoms with Crippen LogP contribution in [0.25, 0.3) is 0 Å². The Bertz CT molecular complexity index is 413. The lowest BCUT2D eigenvalue weighted by Crippen LogP contribution is -2.25. The first-order chi connectivity index (χ1) is 8.42. The summed E-state index contributed by atoms with van der Waals surface area (Å²) >= 11 is 0. The largest absolute Gasteiger partial charge is 0.482 e. The summed E-state index contributed by atoms with van der Waals surface area (Å²) in [5, 5.41) is 5.08. The van der Waals surface area contributed by atoms with Crippen LogP contribution in [0, 0.1) is 0 Å². The molecular formula is C11H14ClF3N2O2. The van der Waals surface area contributed by atoms with E-state index in [2.05, 4.69) is 15.4 Å². The first-order valence-electron chi connectivity index (χ1n) is 5.15. The quantitative estimate of drug-likeness (QED) is 0.876. The monoisotopic (exact) mass is 298 g/mol. The Balaban J connectivity index is 0.00000324. The molecule has 1 amide bonds. The minimum atomic E-state index is -4.41. The van der Waals surface area contributed by atoms with Crippen molar-refractivity contribution in [3.63, 3.8) is 0 Å². The normalized spacial score (nSPS) is 10.5. The van der Waals surface area contributed by atoms with Crippen LogP contribution in [0.1, 0.15) is 0 Å². The molecule has 0 heterocycles. The van der Waals surface area contributed by atoms with Crippen LogP contribution in [0.5, 0.6) is 5.75 Å². The van der Waals surface area contributed by atoms with Gasteiger partial charge < -0.3 is 15.4 Å². The zero-order chi connectivity index (χ0) is 13.6. The number of likely N-dealkylation sites (N-methyl/N-ethyl adjacent to an activating group) is 1. The highest BCUT2D eigenvalue weighted by atomic mass is 35.5. The fraction of sp³-hybridized carbons (Fsp3) is 0.364. The molecule has 0 atom stereocenters. The average molecular weight is 299 g/mol. The van der Waals surface area contributed by atoms with Crippen molar-refractivity contribution < 1.29 is 22.7 Å². The average Bonchev–Trinajstić information content (AvgIpc) is 2.27. The van der Waals surface area contributed by atoms with Crippen molar-refractivity contribution >= 4 is 24.0 Å². The summed E-state index contributed by atoms with van der Waals surface area (Å²) in [5.74, 6) is -0.375. The number of hydrogen-bond acceptors (Lipinski definition) is 3. The van der Waals surface area contributed by atoms with Gasteiger partial charge in [0.2, 0.25) is 5.91 Å². The molecule has 108 valence electrons. The second kappa shape index (κ2) is 7.85. The van der Waals surface area contributed by atoms with Gasteiger partial charge in [0.05, 0.1) is 12.2 Å². The molecule has 0 spiro atoms. The predicted octanol–water partition coefficient (Wildman–Crippen LogP) is 2.21. The number of ether oxygens (including phenoxy) is 1. The Morgan fingerprint density at radius 2 is 1.95 bits per heavy atom. The van der Waals surface area contributed by atoms with Gasteiger partial charge in [-0.2, -0.15) is 13.2 Å². The van der Waals surface area contributed by atoms with Gasteiger partial charge in [0.25, 0.3) is 0 Å². The molecule has 0 fully saturated rings. The number of anilines is 1. The zero-order valence-corrected chi connectivity index (χ0v) is 10.9. The maximum atomic E-state index is 12.0. The van der Waals surface area contributed by atoms with Crippen molar-refractivity contribution in [2.75, 3.05) is 25.5 Å². The lowest BCUT2D eigenvalue weighted by Gasteiger charge is -2.13. The smallest absolute Gasteiger partial charge is 0.422 e. The third-order valence-corrected chi connectivity index (χ3v) is 1.89. The van der Waals surface area contributed by atoms with Gasteiger partial charge in [0.15, 0.2) is 6.61 Å². The van der Waals surface area contributed by atoms with Crippen LogP contribution >= 0.6 is 12.4 Å². The van der Waals surface area contributed by atoms with E-state index in [4.69, 9.17) is 0 Å². The molecule has 0 aliphatic carbocycles. The van der Waals surface area contributed by atoms with E-state index in [9.17, 15) is 18.0 Å². The van der Waals surface area contributed by atoms with Crippen LogP contribution in [0.2, 0.25) is 0 Å². The molecule has 4 nitrogen and oxygen atoms in total. The lowest BCUT2D eigenvalue weighted by atomic mass is 10.3. The number of halogens is 4. The number of nitrogens with one attached hydrogen (secondary N) is 2. The second-order valence-electron chi connectivity index (χ2n) is 3.48. The summed E-state index contributed by atoms with van der Waals surface area (Å²) < 4.78 is 40.7. The summed E-state index contributed by atoms with van der Waals surface area (Å²) in [4.78, 5) is 11.3. The molecule has 0 unspecified atom stereocenters. The maximum absolute atomic E-state index is 12.0. The van der Waals surface area contributed by atoms with Gasteiger partial charge in [-0.05, 0) is 19.2 Å². The van der Waals surface area contributed by atoms with Crippen LogP contribution in [-0.4, -0.2) is 32.3 Å². The van der Waals surface area contributed by atoms with Crippen molar-refractivity contribution in [3.05, 3.63) is 24.3 Å². The van der Waals surface area contributed by atoms with E-state index in [-0.39, 0.29) is 36.3 Å². The molecule has 1 aromatic rings. The summed E-state index contributed by atoms with van der Waals surface area (Å²) in [6.07, 6.45) is -4.41. The molecule has 0 aliphatic heterocycles. The summed E-state index contributed by atoms with van der Waals surface area (Å²) in [6.45, 7) is -1.33. The van der Waals surface area contributed by atoms with E-state index in [1.54, 1.807) is 13.1 Å². The molecule has 0 aliphatic rings. The van der Waals surface area contributed by atoms with Crippen molar-refractivity contribution in [2.45, 2.75) is 6.18 Å². The minimum absolute atomic E-state index is 0. The highest BCUT2D eigenvalue weighted by Gasteiger charge is 2.28. The van der Waals surface area contributed by atoms with Gasteiger partial charge in [0.1, 0.15) is 5.75 Å². The SMILES string of the molecule is CNCC(=O)Nc1ccccc1OCC(F)(F)F.Cl. The molecule has 1 aromatic carbocycles. The number of carbonyl (C=O) groups excluding carboxylic acids is 1. The number of para-hydroxylation sites is 2. The third kappa shape index (κ3) is 6.88. The first kappa shape index (κ1) is 17.5. The molecule has 0 saturated carbocycles. The highest BCUT2D eigenvalue weighted by molar-refractivity contribution is 5.93. The number of carbonyl (C=O) groups is 1. The highest BCUT2D eigenvalue weighted by Crippen LogP contribution is 2.26. The number of hydrogen-bond donors (Lipinski definition) is 2. The first-order valence-corrected chi connectivity index (χ1v) is 5.15. The van der Waals surface area contributed by atoms with Gasteiger partial charge in [-0.25, -0.2) is 0 Å². The summed E-state index contributed by atoms with van der Waals surface area (Å²) in [6, 6.07) is 5.95. The maximum Gasteiger partial charge on any atom is 0.422 e. The molecular weight excluding hydrogens is 285 g/mol. The van der Waals surface area contributed by atoms with E-state index >= 15 is 0 Å². The molecule has 0 saturated heterocycles. The fourth-order valence-electron chi connectivity index (χ4n) is 1.21. The summed E-state index contributed by atoms with van der Waals surface area (Å²) in [7, 11) is 1.59. The van der Waals surface area contributed by atoms with Crippen LogP contribution in [0.3, 0.4) is 0 Å². The summed E-state index contributed by atoms with van der Waals surface area (Å²) in [5.41, 5.74) is 0.210. The molecule has 0 radical (unpaired) electrons. The molecule has 8 heteroatoms. The van der Waals surface area contributed by atoms with E-state index < -0.39 is 12.8 Å². The molecule has 1 rings (SSSR count). The van der Waals surface area contributed by atoms with Crippen LogP contribution in [-0.2, 0) is 4.79 Å². The second-order valence-corrected chi connectivity index (χ2v) is 3.48. The van der Waals surface area contributed by atoms with Gasteiger partial charge >= 0.3 is 6.18 Å². The van der Waals surface area contributed by atoms with E-state index in [1.165, 1.54) is 18.2 Å². The number of alkyl halides is 3. The van der Waals surface area contributed by atoms with Crippen molar-refractivity contribution in [2.24, 2.45) is 0 Å². The van der Waals surface area contributed by atoms with Crippen LogP contribution in [0.15, 0.2) is 24.3 Å². The van der Waals surface area contributed by atoms with Gasteiger partial charge in [-0.3, -0.25) is 4.79 Å². The predicted molar refractivity (Wildman–Crippen MR) is 67.8 cm³/mol. The van der Waals surface area contributed by atoms with Gasteiger partial charge in [0, 0.05) is 0 Å². The fourth-order valence-corrected chi connectivity index (χ4v) is 1.21. The van der Waals surface area contributed by atoms with Crippen LogP contribution in [0.4, 0.5) is 18.9 Å². The van der Waals surface area contributed by atoms with E-state index in [0.29, 0.717) is 0 Å². The van der Waals surface area contributed by atoms with E-state index in [0.717, 1.165) is 0 Å². The topological polar surface area (TPSA) is 50.4 Å². The van der Waals surface area contributed by atoms with Crippen molar-refractivity contribution in [3.8, 4) is 5.75 Å². The lowest BCUT2D eigenvalue weighted by molar-refractivity contribution is -0.153. The molecule has 19 heavy (non-hydrogen) atoms. The van der Waals surface area contributed by atoms with Gasteiger partial charge in [-0.15, -0.1) is 12.4 Å². The standard InChI is InChI=1S/C11H13F3N2O2.ClH/c1-15-6-10(17)16-8-4-2-3-5-9(8)18-7-11(12,13)14;/h2-5,15H,6-7H2,1H3,(H,16,17);1H. The van der Waals surface area contributed by atoms with Crippen molar-refractivity contribution in [1.82, 2.24) is 5.32 Å². The number of benzene rings is 1. The minimum Gasteiger partial charge on any atom is -0.482 e. The Morgan fingerprint density at radius 3 is 2.53 bits per heavy atom. The van der Waals surface area contributed by atoms with E-state index in [1.807, 2.05) is 0 Å². The molecule has 0 aromatic heterocycles.